The summed E-state index contributed by atoms with van der Waals surface area (Å²) in [5.74, 6) is -0.988. The maximum Gasteiger partial charge on any atom is 0.410 e. The highest BCUT2D eigenvalue weighted by Gasteiger charge is 2.33. The Bertz CT molecular complexity index is 629. The van der Waals surface area contributed by atoms with E-state index in [9.17, 15) is 19.2 Å². The molecule has 2 aliphatic rings. The van der Waals surface area contributed by atoms with E-state index in [1.165, 1.54) is 6.92 Å². The van der Waals surface area contributed by atoms with Gasteiger partial charge in [0.2, 0.25) is 5.91 Å². The van der Waals surface area contributed by atoms with Crippen molar-refractivity contribution in [3.8, 4) is 0 Å². The number of ether oxygens (including phenoxy) is 2. The molecule has 2 saturated heterocycles. The zero-order valence-electron chi connectivity index (χ0n) is 18.1. The smallest absolute Gasteiger partial charge is 0.410 e. The Morgan fingerprint density at radius 1 is 0.862 bits per heavy atom. The van der Waals surface area contributed by atoms with Crippen molar-refractivity contribution >= 4 is 23.9 Å². The Balaban J connectivity index is 1.77. The number of piperazine rings is 1. The van der Waals surface area contributed by atoms with Gasteiger partial charge < -0.3 is 24.2 Å². The quantitative estimate of drug-likeness (QED) is 0.649. The predicted octanol–water partition coefficient (Wildman–Crippen LogP) is 1.26. The maximum absolute atomic E-state index is 12.5. The first-order chi connectivity index (χ1) is 13.5. The summed E-state index contributed by atoms with van der Waals surface area (Å²) in [4.78, 5) is 53.4. The van der Waals surface area contributed by atoms with Crippen LogP contribution in [0.15, 0.2) is 0 Å². The zero-order chi connectivity index (χ0) is 21.8. The molecule has 0 aromatic carbocycles. The van der Waals surface area contributed by atoms with E-state index in [2.05, 4.69) is 0 Å². The van der Waals surface area contributed by atoms with Crippen LogP contribution in [-0.2, 0) is 23.9 Å². The number of likely N-dealkylation sites (tertiary alicyclic amines) is 1. The fourth-order valence-corrected chi connectivity index (χ4v) is 3.44. The molecule has 0 N–H and O–H groups in total. The van der Waals surface area contributed by atoms with Crippen molar-refractivity contribution in [3.05, 3.63) is 0 Å². The number of amides is 3. The summed E-state index contributed by atoms with van der Waals surface area (Å²) in [6.07, 6.45) is -0.278. The molecule has 1 atom stereocenters. The molecule has 9 heteroatoms. The molecule has 9 nitrogen and oxygen atoms in total. The molecule has 3 amide bonds. The van der Waals surface area contributed by atoms with Gasteiger partial charge >= 0.3 is 12.1 Å². The monoisotopic (exact) mass is 411 g/mol. The summed E-state index contributed by atoms with van der Waals surface area (Å²) in [5.41, 5.74) is -0.557. The van der Waals surface area contributed by atoms with Crippen LogP contribution < -0.4 is 0 Å². The number of esters is 1. The molecular weight excluding hydrogens is 378 g/mol. The minimum atomic E-state index is -0.865. The van der Waals surface area contributed by atoms with Crippen LogP contribution >= 0.6 is 0 Å². The van der Waals surface area contributed by atoms with Gasteiger partial charge in [0.1, 0.15) is 5.60 Å². The fraction of sp³-hybridized carbons (Fsp3) is 0.800. The van der Waals surface area contributed by atoms with Crippen molar-refractivity contribution in [1.82, 2.24) is 14.7 Å². The summed E-state index contributed by atoms with van der Waals surface area (Å²) in [7, 11) is 0. The standard InChI is InChI=1S/C20H33N3O6/c1-14(17(25)22-12-10-21(11-13-22)15(2)24)28-18(26)16-6-8-23(9-7-16)19(27)29-20(3,4)5/h14,16H,6-13H2,1-5H3. The number of piperidine rings is 1. The van der Waals surface area contributed by atoms with Crippen molar-refractivity contribution in [1.29, 1.82) is 0 Å². The number of hydrogen-bond acceptors (Lipinski definition) is 6. The van der Waals surface area contributed by atoms with Gasteiger partial charge in [-0.05, 0) is 40.5 Å². The van der Waals surface area contributed by atoms with Gasteiger partial charge in [-0.2, -0.15) is 0 Å². The van der Waals surface area contributed by atoms with Crippen LogP contribution in [0, 0.1) is 5.92 Å². The fourth-order valence-electron chi connectivity index (χ4n) is 3.44. The summed E-state index contributed by atoms with van der Waals surface area (Å²) >= 11 is 0. The van der Waals surface area contributed by atoms with Gasteiger partial charge in [0.15, 0.2) is 6.10 Å². The Kier molecular flexibility index (Phi) is 7.48. The van der Waals surface area contributed by atoms with E-state index in [0.29, 0.717) is 52.1 Å². The third-order valence-electron chi connectivity index (χ3n) is 5.16. The van der Waals surface area contributed by atoms with E-state index in [-0.39, 0.29) is 23.8 Å². The normalized spacial score (nSPS) is 19.6. The van der Waals surface area contributed by atoms with Crippen LogP contribution in [0.2, 0.25) is 0 Å². The predicted molar refractivity (Wildman–Crippen MR) is 105 cm³/mol. The highest BCUT2D eigenvalue weighted by molar-refractivity contribution is 5.84. The van der Waals surface area contributed by atoms with E-state index in [4.69, 9.17) is 9.47 Å². The van der Waals surface area contributed by atoms with Gasteiger partial charge in [-0.3, -0.25) is 14.4 Å². The summed E-state index contributed by atoms with van der Waals surface area (Å²) in [6, 6.07) is 0. The van der Waals surface area contributed by atoms with E-state index < -0.39 is 17.7 Å². The molecule has 2 heterocycles. The summed E-state index contributed by atoms with van der Waals surface area (Å²) in [5, 5.41) is 0. The van der Waals surface area contributed by atoms with Crippen LogP contribution in [-0.4, -0.2) is 89.6 Å². The Hall–Kier alpha value is -2.32. The van der Waals surface area contributed by atoms with Gasteiger partial charge in [-0.1, -0.05) is 0 Å². The number of carbonyl (C=O) groups is 4. The minimum absolute atomic E-state index is 0.00528. The largest absolute Gasteiger partial charge is 0.452 e. The molecule has 1 unspecified atom stereocenters. The second-order valence-corrected chi connectivity index (χ2v) is 8.65. The molecular formula is C20H33N3O6. The first kappa shape index (κ1) is 23.0. The van der Waals surface area contributed by atoms with Crippen molar-refractivity contribution in [3.63, 3.8) is 0 Å². The molecule has 2 aliphatic heterocycles. The van der Waals surface area contributed by atoms with Crippen LogP contribution in [0.3, 0.4) is 0 Å². The van der Waals surface area contributed by atoms with Gasteiger partial charge in [0.25, 0.3) is 5.91 Å². The average molecular weight is 411 g/mol. The number of nitrogens with zero attached hydrogens (tertiary/aromatic N) is 3. The third-order valence-corrected chi connectivity index (χ3v) is 5.16. The summed E-state index contributed by atoms with van der Waals surface area (Å²) in [6.45, 7) is 11.2. The molecule has 164 valence electrons. The maximum atomic E-state index is 12.5. The van der Waals surface area contributed by atoms with Crippen LogP contribution in [0.4, 0.5) is 4.79 Å². The van der Waals surface area contributed by atoms with Crippen LogP contribution in [0.5, 0.6) is 0 Å². The SMILES string of the molecule is CC(=O)N1CCN(C(=O)C(C)OC(=O)C2CCN(C(=O)OC(C)(C)C)CC2)CC1. The highest BCUT2D eigenvalue weighted by atomic mass is 16.6. The summed E-state index contributed by atoms with van der Waals surface area (Å²) < 4.78 is 10.8. The zero-order valence-corrected chi connectivity index (χ0v) is 18.1. The van der Waals surface area contributed by atoms with E-state index in [1.807, 2.05) is 20.8 Å². The lowest BCUT2D eigenvalue weighted by Crippen LogP contribution is -2.52. The molecule has 0 saturated carbocycles. The lowest BCUT2D eigenvalue weighted by atomic mass is 9.97. The van der Waals surface area contributed by atoms with E-state index in [0.717, 1.165) is 0 Å². The molecule has 0 bridgehead atoms. The molecule has 0 aliphatic carbocycles. The first-order valence-electron chi connectivity index (χ1n) is 10.2. The van der Waals surface area contributed by atoms with Crippen molar-refractivity contribution in [2.24, 2.45) is 5.92 Å². The average Bonchev–Trinajstić information content (AvgIpc) is 2.66. The van der Waals surface area contributed by atoms with Crippen molar-refractivity contribution < 1.29 is 28.7 Å². The van der Waals surface area contributed by atoms with Gasteiger partial charge in [-0.15, -0.1) is 0 Å². The molecule has 0 radical (unpaired) electrons. The van der Waals surface area contributed by atoms with Crippen molar-refractivity contribution in [2.45, 2.75) is 59.2 Å². The molecule has 0 aromatic rings. The Labute approximate surface area is 172 Å². The minimum Gasteiger partial charge on any atom is -0.452 e. The lowest BCUT2D eigenvalue weighted by molar-refractivity contribution is -0.164. The molecule has 2 rings (SSSR count). The van der Waals surface area contributed by atoms with Gasteiger partial charge in [0.05, 0.1) is 5.92 Å². The topological polar surface area (TPSA) is 96.5 Å². The second kappa shape index (κ2) is 9.45. The second-order valence-electron chi connectivity index (χ2n) is 8.65. The van der Waals surface area contributed by atoms with E-state index >= 15 is 0 Å². The molecule has 0 spiro atoms. The Morgan fingerprint density at radius 3 is 1.86 bits per heavy atom. The third kappa shape index (κ3) is 6.61. The van der Waals surface area contributed by atoms with Gasteiger partial charge in [-0.25, -0.2) is 4.79 Å². The molecule has 0 aromatic heterocycles. The first-order valence-corrected chi connectivity index (χ1v) is 10.2. The van der Waals surface area contributed by atoms with Crippen LogP contribution in [0.1, 0.15) is 47.5 Å². The molecule has 2 fully saturated rings. The van der Waals surface area contributed by atoms with Crippen LogP contribution in [0.25, 0.3) is 0 Å². The van der Waals surface area contributed by atoms with Gasteiger partial charge in [0, 0.05) is 46.2 Å². The van der Waals surface area contributed by atoms with Crippen molar-refractivity contribution in [2.75, 3.05) is 39.3 Å². The van der Waals surface area contributed by atoms with E-state index in [1.54, 1.807) is 21.6 Å². The lowest BCUT2D eigenvalue weighted by Gasteiger charge is -2.36. The number of hydrogen-bond donors (Lipinski definition) is 0. The highest BCUT2D eigenvalue weighted by Crippen LogP contribution is 2.21. The number of carbonyl (C=O) groups excluding carboxylic acids is 4. The molecule has 29 heavy (non-hydrogen) atoms. The Morgan fingerprint density at radius 2 is 1.38 bits per heavy atom. The number of rotatable bonds is 3.